The van der Waals surface area contributed by atoms with E-state index in [1.54, 1.807) is 7.05 Å². The van der Waals surface area contributed by atoms with Crippen LogP contribution in [0.3, 0.4) is 0 Å². The minimum Gasteiger partial charge on any atom is -0.450 e. The lowest BCUT2D eigenvalue weighted by Crippen LogP contribution is -2.31. The quantitative estimate of drug-likeness (QED) is 0.122. The smallest absolute Gasteiger partial charge is 0.450 e. The predicted molar refractivity (Wildman–Crippen MR) is 48.1 cm³/mol. The average Bonchev–Trinajstić information content (AvgIpc) is 1.99. The van der Waals surface area contributed by atoms with Crippen LogP contribution in [0.4, 0.5) is 4.79 Å². The van der Waals surface area contributed by atoms with E-state index in [-0.39, 0.29) is 0 Å². The van der Waals surface area contributed by atoms with Crippen LogP contribution in [0.2, 0.25) is 0 Å². The van der Waals surface area contributed by atoms with E-state index < -0.39 is 6.16 Å². The van der Waals surface area contributed by atoms with Gasteiger partial charge in [0.2, 0.25) is 0 Å². The van der Waals surface area contributed by atoms with E-state index in [2.05, 4.69) is 28.0 Å². The molecule has 0 bridgehead atoms. The first-order chi connectivity index (χ1) is 5.54. The highest BCUT2D eigenvalue weighted by molar-refractivity contribution is 7.80. The molecule has 0 saturated carbocycles. The van der Waals surface area contributed by atoms with E-state index in [9.17, 15) is 0 Å². The fraction of sp³-hybridized carbons (Fsp3) is 0.250. The minimum absolute atomic E-state index is 0.499. The number of hydrazone groups is 1. The zero-order chi connectivity index (χ0) is 9.98. The van der Waals surface area contributed by atoms with E-state index in [0.717, 1.165) is 0 Å². The van der Waals surface area contributed by atoms with Gasteiger partial charge in [0.05, 0.1) is 0 Å². The van der Waals surface area contributed by atoms with E-state index in [1.807, 2.05) is 0 Å². The molecule has 0 aromatic heterocycles. The van der Waals surface area contributed by atoms with Gasteiger partial charge in [-0.15, -0.1) is 0 Å². The molecule has 0 aliphatic heterocycles. The van der Waals surface area contributed by atoms with Gasteiger partial charge in [0.15, 0.2) is 5.11 Å². The first kappa shape index (κ1) is 13.1. The Kier molecular flexibility index (Phi) is 10.3. The lowest BCUT2D eigenvalue weighted by atomic mass is 11.0. The zero-order valence-electron chi connectivity index (χ0n) is 6.31. The van der Waals surface area contributed by atoms with Gasteiger partial charge in [0.25, 0.3) is 0 Å². The summed E-state index contributed by atoms with van der Waals surface area (Å²) in [6.45, 7) is 0. The maximum absolute atomic E-state index is 8.56. The number of hydrogen-bond acceptors (Lipinski definition) is 4. The van der Waals surface area contributed by atoms with Crippen LogP contribution in [0.15, 0.2) is 5.10 Å². The van der Waals surface area contributed by atoms with Crippen LogP contribution in [-0.2, 0) is 0 Å². The van der Waals surface area contributed by atoms with E-state index in [1.165, 1.54) is 6.34 Å². The van der Waals surface area contributed by atoms with Crippen molar-refractivity contribution in [3.63, 3.8) is 0 Å². The summed E-state index contributed by atoms with van der Waals surface area (Å²) in [5.74, 6) is 4.75. The molecule has 0 aromatic rings. The van der Waals surface area contributed by atoms with E-state index in [0.29, 0.717) is 5.11 Å². The van der Waals surface area contributed by atoms with Gasteiger partial charge >= 0.3 is 6.16 Å². The number of carbonyl (C=O) groups is 1. The highest BCUT2D eigenvalue weighted by Gasteiger charge is 1.80. The molecule has 0 fully saturated rings. The highest BCUT2D eigenvalue weighted by atomic mass is 32.1. The van der Waals surface area contributed by atoms with Gasteiger partial charge < -0.3 is 26.7 Å². The second kappa shape index (κ2) is 9.43. The monoisotopic (exact) mass is 194 g/mol. The second-order valence-electron chi connectivity index (χ2n) is 1.28. The summed E-state index contributed by atoms with van der Waals surface area (Å²) >= 11 is 4.65. The molecule has 0 aliphatic carbocycles. The summed E-state index contributed by atoms with van der Waals surface area (Å²) < 4.78 is 0. The Bertz CT molecular complexity index is 168. The first-order valence-corrected chi connectivity index (χ1v) is 3.07. The fourth-order valence-electron chi connectivity index (χ4n) is 0.168. The summed E-state index contributed by atoms with van der Waals surface area (Å²) in [4.78, 5) is 8.56. The number of thiocarbonyl (C=S) groups is 1. The number of carboxylic acid groups (broad SMARTS) is 2. The van der Waals surface area contributed by atoms with Crippen molar-refractivity contribution in [3.05, 3.63) is 0 Å². The van der Waals surface area contributed by atoms with Crippen molar-refractivity contribution in [2.45, 2.75) is 0 Å². The van der Waals surface area contributed by atoms with Gasteiger partial charge in [-0.25, -0.2) is 4.79 Å². The van der Waals surface area contributed by atoms with Gasteiger partial charge in [-0.2, -0.15) is 5.10 Å². The minimum atomic E-state index is -1.83. The third-order valence-electron chi connectivity index (χ3n) is 0.497. The molecule has 0 unspecified atom stereocenters. The number of rotatable bonds is 1. The van der Waals surface area contributed by atoms with E-state index >= 15 is 0 Å². The van der Waals surface area contributed by atoms with Gasteiger partial charge in [0, 0.05) is 7.05 Å². The normalized spacial score (nSPS) is 8.08. The first-order valence-electron chi connectivity index (χ1n) is 2.66. The van der Waals surface area contributed by atoms with Gasteiger partial charge in [-0.1, -0.05) is 0 Å². The van der Waals surface area contributed by atoms with Crippen LogP contribution in [-0.4, -0.2) is 34.9 Å². The molecule has 0 amide bonds. The van der Waals surface area contributed by atoms with Crippen LogP contribution in [0.5, 0.6) is 0 Å². The SMILES string of the molecule is CNC(=S)N/C=N\N.O=C(O)O. The number of nitrogens with one attached hydrogen (secondary N) is 2. The molecule has 0 radical (unpaired) electrons. The molecule has 0 spiro atoms. The van der Waals surface area contributed by atoms with Crippen molar-refractivity contribution in [2.75, 3.05) is 7.05 Å². The Morgan fingerprint density at radius 1 is 1.67 bits per heavy atom. The van der Waals surface area contributed by atoms with Crippen molar-refractivity contribution in [2.24, 2.45) is 10.9 Å². The number of hydrogen-bond donors (Lipinski definition) is 5. The topological polar surface area (TPSA) is 120 Å². The molecular weight excluding hydrogens is 184 g/mol. The Balaban J connectivity index is 0. The molecule has 12 heavy (non-hydrogen) atoms. The summed E-state index contributed by atoms with van der Waals surface area (Å²) in [5.41, 5.74) is 0. The van der Waals surface area contributed by atoms with Crippen LogP contribution in [0, 0.1) is 0 Å². The maximum Gasteiger partial charge on any atom is 0.503 e. The summed E-state index contributed by atoms with van der Waals surface area (Å²) in [5, 5.41) is 22.9. The third kappa shape index (κ3) is 23.7. The van der Waals surface area contributed by atoms with Gasteiger partial charge in [0.1, 0.15) is 6.34 Å². The summed E-state index contributed by atoms with van der Waals surface area (Å²) in [6.07, 6.45) is -0.529. The molecule has 0 aromatic carbocycles. The summed E-state index contributed by atoms with van der Waals surface area (Å²) in [7, 11) is 1.71. The molecule has 70 valence electrons. The molecule has 7 nitrogen and oxygen atoms in total. The van der Waals surface area contributed by atoms with Crippen molar-refractivity contribution in [1.29, 1.82) is 0 Å². The molecule has 0 atom stereocenters. The highest BCUT2D eigenvalue weighted by Crippen LogP contribution is 1.55. The Morgan fingerprint density at radius 3 is 2.33 bits per heavy atom. The lowest BCUT2D eigenvalue weighted by molar-refractivity contribution is 0.137. The number of nitrogens with zero attached hydrogens (tertiary/aromatic N) is 1. The van der Waals surface area contributed by atoms with Crippen molar-refractivity contribution in [1.82, 2.24) is 10.6 Å². The molecule has 0 aliphatic rings. The molecule has 6 N–H and O–H groups in total. The van der Waals surface area contributed by atoms with Crippen LogP contribution >= 0.6 is 12.2 Å². The lowest BCUT2D eigenvalue weighted by Gasteiger charge is -1.96. The zero-order valence-corrected chi connectivity index (χ0v) is 7.13. The van der Waals surface area contributed by atoms with Gasteiger partial charge in [-0.05, 0) is 12.2 Å². The second-order valence-corrected chi connectivity index (χ2v) is 1.69. The Hall–Kier alpha value is -1.57. The van der Waals surface area contributed by atoms with E-state index in [4.69, 9.17) is 20.9 Å². The molecular formula is C4H10N4O3S. The van der Waals surface area contributed by atoms with Crippen molar-refractivity contribution in [3.8, 4) is 0 Å². The standard InChI is InChI=1S/C3H8N4S.CH2O3/c1-5-3(8)6-2-7-4;2-1(3)4/h2H,4H2,1H3,(H2,5,6,7,8);(H2,2,3,4). The van der Waals surface area contributed by atoms with Crippen LogP contribution < -0.4 is 16.5 Å². The van der Waals surface area contributed by atoms with Crippen LogP contribution in [0.25, 0.3) is 0 Å². The summed E-state index contributed by atoms with van der Waals surface area (Å²) in [6, 6.07) is 0. The third-order valence-corrected chi connectivity index (χ3v) is 0.819. The van der Waals surface area contributed by atoms with Gasteiger partial charge in [-0.3, -0.25) is 0 Å². The van der Waals surface area contributed by atoms with Crippen LogP contribution in [0.1, 0.15) is 0 Å². The predicted octanol–water partition coefficient (Wildman–Crippen LogP) is -0.795. The van der Waals surface area contributed by atoms with Crippen molar-refractivity contribution >= 4 is 29.8 Å². The fourth-order valence-corrected chi connectivity index (χ4v) is 0.221. The Morgan fingerprint density at radius 2 is 2.08 bits per heavy atom. The molecule has 0 heterocycles. The van der Waals surface area contributed by atoms with Crippen molar-refractivity contribution < 1.29 is 15.0 Å². The largest absolute Gasteiger partial charge is 0.503 e. The molecule has 8 heteroatoms. The average molecular weight is 194 g/mol. The Labute approximate surface area is 74.3 Å². The number of nitrogens with two attached hydrogens (primary N) is 1. The molecule has 0 rings (SSSR count). The molecule has 0 saturated heterocycles. The maximum atomic E-state index is 8.56.